The number of hydrogen-bond donors (Lipinski definition) is 3. The maximum Gasteiger partial charge on any atom is 0.215 e. The van der Waals surface area contributed by atoms with Crippen molar-refractivity contribution in [3.8, 4) is 0 Å². The van der Waals surface area contributed by atoms with E-state index in [0.29, 0.717) is 12.4 Å². The number of nitrogens with two attached hydrogens (primary N) is 1. The summed E-state index contributed by atoms with van der Waals surface area (Å²) >= 11 is 6.14. The minimum atomic E-state index is -3.90. The van der Waals surface area contributed by atoms with Crippen LogP contribution in [0.5, 0.6) is 0 Å². The fourth-order valence-corrected chi connectivity index (χ4v) is 4.93. The van der Waals surface area contributed by atoms with Crippen LogP contribution in [0.15, 0.2) is 40.1 Å². The van der Waals surface area contributed by atoms with E-state index < -0.39 is 15.4 Å². The zero-order valence-corrected chi connectivity index (χ0v) is 15.7. The van der Waals surface area contributed by atoms with Crippen LogP contribution in [0.2, 0.25) is 5.02 Å². The van der Waals surface area contributed by atoms with E-state index in [1.165, 1.54) is 6.07 Å². The summed E-state index contributed by atoms with van der Waals surface area (Å²) in [6.07, 6.45) is 1.93. The standard InChI is InChI=1S/C16H20ClN5O2S/c1-10-8-16(2,9-18)20-15-13(14(19-3)21-22(10)15)25(23,24)12-7-5-4-6-11(12)17/h4-8,20H,9,18H2,1-3H3,(H,19,21). The second-order valence-electron chi connectivity index (χ2n) is 6.15. The van der Waals surface area contributed by atoms with E-state index in [0.717, 1.165) is 5.70 Å². The Morgan fingerprint density at radius 1 is 1.40 bits per heavy atom. The van der Waals surface area contributed by atoms with Crippen molar-refractivity contribution in [3.63, 3.8) is 0 Å². The Labute approximate surface area is 151 Å². The molecule has 1 aliphatic heterocycles. The predicted octanol–water partition coefficient (Wildman–Crippen LogP) is 2.41. The SMILES string of the molecule is CNc1nn2c(c1S(=O)(=O)c1ccccc1Cl)NC(C)(CN)C=C2C. The average molecular weight is 382 g/mol. The highest BCUT2D eigenvalue weighted by molar-refractivity contribution is 7.92. The fraction of sp³-hybridized carbons (Fsp3) is 0.312. The first kappa shape index (κ1) is 17.8. The molecule has 0 saturated carbocycles. The number of hydrogen-bond acceptors (Lipinski definition) is 6. The van der Waals surface area contributed by atoms with Gasteiger partial charge in [-0.2, -0.15) is 0 Å². The summed E-state index contributed by atoms with van der Waals surface area (Å²) in [6, 6.07) is 6.35. The van der Waals surface area contributed by atoms with E-state index in [1.807, 2.05) is 19.9 Å². The summed E-state index contributed by atoms with van der Waals surface area (Å²) in [7, 11) is -2.27. The molecule has 3 rings (SSSR count). The van der Waals surface area contributed by atoms with E-state index in [1.54, 1.807) is 29.9 Å². The first-order valence-electron chi connectivity index (χ1n) is 7.72. The topological polar surface area (TPSA) is 102 Å². The number of allylic oxidation sites excluding steroid dienone is 1. The van der Waals surface area contributed by atoms with Crippen molar-refractivity contribution in [1.29, 1.82) is 0 Å². The first-order chi connectivity index (χ1) is 11.7. The smallest absolute Gasteiger partial charge is 0.215 e. The van der Waals surface area contributed by atoms with Crippen molar-refractivity contribution in [2.45, 2.75) is 29.2 Å². The highest BCUT2D eigenvalue weighted by Gasteiger charge is 2.37. The molecule has 1 unspecified atom stereocenters. The molecule has 0 bridgehead atoms. The Morgan fingerprint density at radius 2 is 2.08 bits per heavy atom. The van der Waals surface area contributed by atoms with E-state index in [2.05, 4.69) is 15.7 Å². The van der Waals surface area contributed by atoms with Gasteiger partial charge in [0.15, 0.2) is 16.5 Å². The molecule has 2 heterocycles. The van der Waals surface area contributed by atoms with E-state index in [4.69, 9.17) is 17.3 Å². The van der Waals surface area contributed by atoms with Crippen LogP contribution in [-0.4, -0.2) is 37.3 Å². The van der Waals surface area contributed by atoms with Gasteiger partial charge in [0.05, 0.1) is 15.5 Å². The molecule has 1 atom stereocenters. The minimum absolute atomic E-state index is 0.0347. The summed E-state index contributed by atoms with van der Waals surface area (Å²) in [4.78, 5) is 0.0858. The third-order valence-electron chi connectivity index (χ3n) is 4.16. The van der Waals surface area contributed by atoms with Crippen molar-refractivity contribution < 1.29 is 8.42 Å². The van der Waals surface area contributed by atoms with Gasteiger partial charge in [-0.3, -0.25) is 0 Å². The summed E-state index contributed by atoms with van der Waals surface area (Å²) in [5, 5.41) is 10.6. The van der Waals surface area contributed by atoms with Gasteiger partial charge in [0, 0.05) is 19.3 Å². The van der Waals surface area contributed by atoms with Crippen molar-refractivity contribution in [2.75, 3.05) is 24.2 Å². The van der Waals surface area contributed by atoms with Gasteiger partial charge in [0.25, 0.3) is 0 Å². The number of nitrogens with one attached hydrogen (secondary N) is 2. The lowest BCUT2D eigenvalue weighted by molar-refractivity contribution is 0.593. The molecule has 25 heavy (non-hydrogen) atoms. The van der Waals surface area contributed by atoms with Crippen LogP contribution >= 0.6 is 11.6 Å². The minimum Gasteiger partial charge on any atom is -0.370 e. The number of rotatable bonds is 4. The number of sulfone groups is 1. The maximum atomic E-state index is 13.3. The normalized spacial score (nSPS) is 19.8. The average Bonchev–Trinajstić information content (AvgIpc) is 2.94. The lowest BCUT2D eigenvalue weighted by Crippen LogP contribution is -2.44. The van der Waals surface area contributed by atoms with Gasteiger partial charge in [-0.05, 0) is 32.1 Å². The van der Waals surface area contributed by atoms with Gasteiger partial charge >= 0.3 is 0 Å². The predicted molar refractivity (Wildman–Crippen MR) is 99.7 cm³/mol. The lowest BCUT2D eigenvalue weighted by atomic mass is 10.00. The third kappa shape index (κ3) is 2.80. The molecule has 0 fully saturated rings. The third-order valence-corrected chi connectivity index (χ3v) is 6.46. The molecule has 2 aromatic rings. The van der Waals surface area contributed by atoms with Crippen LogP contribution in [0.4, 0.5) is 11.6 Å². The maximum absolute atomic E-state index is 13.3. The van der Waals surface area contributed by atoms with Gasteiger partial charge < -0.3 is 16.4 Å². The van der Waals surface area contributed by atoms with Crippen LogP contribution in [0, 0.1) is 0 Å². The van der Waals surface area contributed by atoms with E-state index in [9.17, 15) is 8.42 Å². The fourth-order valence-electron chi connectivity index (χ4n) is 2.90. The van der Waals surface area contributed by atoms with Crippen LogP contribution in [0.3, 0.4) is 0 Å². The van der Waals surface area contributed by atoms with Crippen molar-refractivity contribution in [1.82, 2.24) is 9.78 Å². The Bertz CT molecular complexity index is 967. The summed E-state index contributed by atoms with van der Waals surface area (Å²) in [5.41, 5.74) is 6.08. The molecular weight excluding hydrogens is 362 g/mol. The molecule has 1 aliphatic rings. The highest BCUT2D eigenvalue weighted by Crippen LogP contribution is 2.40. The molecule has 0 amide bonds. The zero-order chi connectivity index (χ0) is 18.4. The molecule has 0 saturated heterocycles. The Morgan fingerprint density at radius 3 is 2.68 bits per heavy atom. The molecule has 134 valence electrons. The highest BCUT2D eigenvalue weighted by atomic mass is 35.5. The summed E-state index contributed by atoms with van der Waals surface area (Å²) in [6.45, 7) is 4.06. The Balaban J connectivity index is 2.29. The quantitative estimate of drug-likeness (QED) is 0.751. The van der Waals surface area contributed by atoms with E-state index >= 15 is 0 Å². The van der Waals surface area contributed by atoms with Crippen LogP contribution in [0.25, 0.3) is 5.70 Å². The van der Waals surface area contributed by atoms with Gasteiger partial charge in [0.2, 0.25) is 9.84 Å². The largest absolute Gasteiger partial charge is 0.370 e. The van der Waals surface area contributed by atoms with Crippen LogP contribution in [-0.2, 0) is 9.84 Å². The Hall–Kier alpha value is -2.03. The molecule has 9 heteroatoms. The van der Waals surface area contributed by atoms with Crippen LogP contribution < -0.4 is 16.4 Å². The Kier molecular flexibility index (Phi) is 4.30. The number of nitrogens with zero attached hydrogens (tertiary/aromatic N) is 2. The monoisotopic (exact) mass is 381 g/mol. The second kappa shape index (κ2) is 6.05. The van der Waals surface area contributed by atoms with Gasteiger partial charge in [0.1, 0.15) is 0 Å². The molecule has 0 aliphatic carbocycles. The van der Waals surface area contributed by atoms with E-state index in [-0.39, 0.29) is 20.6 Å². The van der Waals surface area contributed by atoms with Crippen molar-refractivity contribution >= 4 is 38.8 Å². The molecular formula is C16H20ClN5O2S. The van der Waals surface area contributed by atoms with Crippen molar-refractivity contribution in [2.24, 2.45) is 5.73 Å². The number of aromatic nitrogens is 2. The molecule has 7 nitrogen and oxygen atoms in total. The van der Waals surface area contributed by atoms with Gasteiger partial charge in [-0.15, -0.1) is 5.10 Å². The summed E-state index contributed by atoms with van der Waals surface area (Å²) in [5.74, 6) is 0.619. The van der Waals surface area contributed by atoms with Gasteiger partial charge in [-0.25, -0.2) is 13.1 Å². The first-order valence-corrected chi connectivity index (χ1v) is 9.58. The number of fused-ring (bicyclic) bond motifs is 1. The summed E-state index contributed by atoms with van der Waals surface area (Å²) < 4.78 is 28.2. The molecule has 1 aromatic heterocycles. The number of halogens is 1. The molecule has 1 aromatic carbocycles. The zero-order valence-electron chi connectivity index (χ0n) is 14.2. The second-order valence-corrected chi connectivity index (χ2v) is 8.42. The molecule has 0 spiro atoms. The lowest BCUT2D eigenvalue weighted by Gasteiger charge is -2.32. The molecule has 0 radical (unpaired) electrons. The number of anilines is 2. The molecule has 4 N–H and O–H groups in total. The van der Waals surface area contributed by atoms with Crippen LogP contribution in [0.1, 0.15) is 13.8 Å². The van der Waals surface area contributed by atoms with Crippen molar-refractivity contribution in [3.05, 3.63) is 35.4 Å². The number of benzene rings is 1. The van der Waals surface area contributed by atoms with Gasteiger partial charge in [-0.1, -0.05) is 23.7 Å².